The fourth-order valence-corrected chi connectivity index (χ4v) is 2.47. The van der Waals surface area contributed by atoms with Crippen molar-refractivity contribution < 1.29 is 4.74 Å². The van der Waals surface area contributed by atoms with E-state index in [1.807, 2.05) is 12.1 Å². The molecule has 0 amide bonds. The quantitative estimate of drug-likeness (QED) is 0.783. The second-order valence-corrected chi connectivity index (χ2v) is 4.36. The van der Waals surface area contributed by atoms with Gasteiger partial charge < -0.3 is 10.1 Å². The summed E-state index contributed by atoms with van der Waals surface area (Å²) in [7, 11) is 0. The minimum Gasteiger partial charge on any atom is -0.493 e. The van der Waals surface area contributed by atoms with Crippen molar-refractivity contribution in [2.75, 3.05) is 13.2 Å². The zero-order valence-electron chi connectivity index (χ0n) is 10.3. The third kappa shape index (κ3) is 2.62. The Hall–Kier alpha value is -1.46. The second-order valence-electron chi connectivity index (χ2n) is 4.36. The van der Waals surface area contributed by atoms with E-state index in [-0.39, 0.29) is 0 Å². The molecule has 0 bridgehead atoms. The molecule has 1 aromatic carbocycles. The van der Waals surface area contributed by atoms with Gasteiger partial charge in [0.1, 0.15) is 5.75 Å². The summed E-state index contributed by atoms with van der Waals surface area (Å²) >= 11 is 0. The van der Waals surface area contributed by atoms with Crippen LogP contribution >= 0.6 is 0 Å². The van der Waals surface area contributed by atoms with Crippen LogP contribution in [0.1, 0.15) is 31.2 Å². The van der Waals surface area contributed by atoms with Crippen molar-refractivity contribution in [3.05, 3.63) is 29.8 Å². The van der Waals surface area contributed by atoms with E-state index in [9.17, 15) is 0 Å². The number of hydrogen-bond donors (Lipinski definition) is 1. The Morgan fingerprint density at radius 2 is 2.35 bits per heavy atom. The maximum atomic E-state index is 5.73. The zero-order chi connectivity index (χ0) is 12.1. The number of ether oxygens (including phenoxy) is 1. The molecular weight excluding hydrogens is 210 g/mol. The Morgan fingerprint density at radius 3 is 3.12 bits per heavy atom. The van der Waals surface area contributed by atoms with Gasteiger partial charge in [-0.3, -0.25) is 0 Å². The number of benzene rings is 1. The summed E-state index contributed by atoms with van der Waals surface area (Å²) < 4.78 is 5.73. The highest BCUT2D eigenvalue weighted by atomic mass is 16.5. The molecule has 1 aromatic rings. The standard InChI is InChI=1S/C15H19NO/c1-3-5-9-14(16-4-2)13-11-17-15-10-7-6-8-12(13)15/h1,6-8,10,13-14,16H,4-5,9,11H2,2H3. The van der Waals surface area contributed by atoms with Crippen molar-refractivity contribution in [1.29, 1.82) is 0 Å². The van der Waals surface area contributed by atoms with Gasteiger partial charge in [0.2, 0.25) is 0 Å². The second kappa shape index (κ2) is 5.75. The van der Waals surface area contributed by atoms with Crippen LogP contribution in [0.25, 0.3) is 0 Å². The Kier molecular flexibility index (Phi) is 4.06. The Labute approximate surface area is 103 Å². The molecule has 1 aliphatic rings. The zero-order valence-corrected chi connectivity index (χ0v) is 10.3. The molecular formula is C15H19NO. The molecule has 0 radical (unpaired) electrons. The Bertz CT molecular complexity index is 408. The van der Waals surface area contributed by atoms with Crippen molar-refractivity contribution in [3.8, 4) is 18.1 Å². The minimum absolute atomic E-state index is 0.416. The van der Waals surface area contributed by atoms with Gasteiger partial charge in [0.25, 0.3) is 0 Å². The van der Waals surface area contributed by atoms with E-state index in [2.05, 4.69) is 30.3 Å². The Morgan fingerprint density at radius 1 is 1.53 bits per heavy atom. The largest absolute Gasteiger partial charge is 0.493 e. The predicted octanol–water partition coefficient (Wildman–Crippen LogP) is 2.55. The number of rotatable bonds is 5. The molecule has 2 nitrogen and oxygen atoms in total. The van der Waals surface area contributed by atoms with Crippen LogP contribution in [-0.2, 0) is 0 Å². The number of para-hydroxylation sites is 1. The van der Waals surface area contributed by atoms with Crippen LogP contribution < -0.4 is 10.1 Å². The van der Waals surface area contributed by atoms with E-state index in [0.29, 0.717) is 12.0 Å². The molecule has 0 aromatic heterocycles. The average molecular weight is 229 g/mol. The lowest BCUT2D eigenvalue weighted by atomic mass is 9.90. The van der Waals surface area contributed by atoms with Crippen LogP contribution in [0.5, 0.6) is 5.75 Å². The molecule has 1 heterocycles. The highest BCUT2D eigenvalue weighted by molar-refractivity contribution is 5.40. The average Bonchev–Trinajstić information content (AvgIpc) is 2.78. The van der Waals surface area contributed by atoms with Crippen LogP contribution in [0, 0.1) is 12.3 Å². The maximum Gasteiger partial charge on any atom is 0.122 e. The van der Waals surface area contributed by atoms with Crippen molar-refractivity contribution >= 4 is 0 Å². The summed E-state index contributed by atoms with van der Waals surface area (Å²) in [6.07, 6.45) is 7.18. The number of hydrogen-bond acceptors (Lipinski definition) is 2. The highest BCUT2D eigenvalue weighted by Gasteiger charge is 2.30. The van der Waals surface area contributed by atoms with Gasteiger partial charge in [-0.15, -0.1) is 12.3 Å². The minimum atomic E-state index is 0.416. The first-order valence-electron chi connectivity index (χ1n) is 6.25. The topological polar surface area (TPSA) is 21.3 Å². The third-order valence-corrected chi connectivity index (χ3v) is 3.29. The lowest BCUT2D eigenvalue weighted by Crippen LogP contribution is -2.35. The third-order valence-electron chi connectivity index (χ3n) is 3.29. The van der Waals surface area contributed by atoms with E-state index < -0.39 is 0 Å². The number of fused-ring (bicyclic) bond motifs is 1. The summed E-state index contributed by atoms with van der Waals surface area (Å²) in [6, 6.07) is 8.71. The number of nitrogens with one attached hydrogen (secondary N) is 1. The van der Waals surface area contributed by atoms with E-state index >= 15 is 0 Å². The molecule has 0 fully saturated rings. The molecule has 2 atom stereocenters. The molecule has 2 unspecified atom stereocenters. The van der Waals surface area contributed by atoms with Gasteiger partial charge in [0.05, 0.1) is 6.61 Å². The van der Waals surface area contributed by atoms with Crippen molar-refractivity contribution in [2.24, 2.45) is 0 Å². The fourth-order valence-electron chi connectivity index (χ4n) is 2.47. The number of likely N-dealkylation sites (N-methyl/N-ethyl adjacent to an activating group) is 1. The van der Waals surface area contributed by atoms with Gasteiger partial charge in [0.15, 0.2) is 0 Å². The van der Waals surface area contributed by atoms with Crippen molar-refractivity contribution in [2.45, 2.75) is 31.7 Å². The highest BCUT2D eigenvalue weighted by Crippen LogP contribution is 2.36. The lowest BCUT2D eigenvalue weighted by molar-refractivity contribution is 0.294. The molecule has 2 heteroatoms. The summed E-state index contributed by atoms with van der Waals surface area (Å²) in [4.78, 5) is 0. The van der Waals surface area contributed by atoms with Crippen molar-refractivity contribution in [1.82, 2.24) is 5.32 Å². The van der Waals surface area contributed by atoms with Crippen molar-refractivity contribution in [3.63, 3.8) is 0 Å². The summed E-state index contributed by atoms with van der Waals surface area (Å²) in [5.41, 5.74) is 1.32. The maximum absolute atomic E-state index is 5.73. The van der Waals surface area contributed by atoms with Gasteiger partial charge in [-0.25, -0.2) is 0 Å². The van der Waals surface area contributed by atoms with Gasteiger partial charge in [-0.1, -0.05) is 25.1 Å². The number of terminal acetylenes is 1. The van der Waals surface area contributed by atoms with Gasteiger partial charge in [0, 0.05) is 23.9 Å². The SMILES string of the molecule is C#CCCC(NCC)C1COc2ccccc21. The summed E-state index contributed by atoms with van der Waals surface area (Å²) in [5.74, 6) is 4.18. The van der Waals surface area contributed by atoms with E-state index in [0.717, 1.165) is 31.7 Å². The first kappa shape index (κ1) is 12.0. The molecule has 0 saturated carbocycles. The molecule has 0 saturated heterocycles. The predicted molar refractivity (Wildman–Crippen MR) is 70.2 cm³/mol. The first-order chi connectivity index (χ1) is 8.36. The molecule has 1 aliphatic heterocycles. The van der Waals surface area contributed by atoms with E-state index in [1.54, 1.807) is 0 Å². The van der Waals surface area contributed by atoms with Gasteiger partial charge in [-0.05, 0) is 19.0 Å². The van der Waals surface area contributed by atoms with E-state index in [1.165, 1.54) is 5.56 Å². The van der Waals surface area contributed by atoms with Gasteiger partial charge in [-0.2, -0.15) is 0 Å². The van der Waals surface area contributed by atoms with E-state index in [4.69, 9.17) is 11.2 Å². The molecule has 1 N–H and O–H groups in total. The Balaban J connectivity index is 2.13. The molecule has 0 aliphatic carbocycles. The van der Waals surface area contributed by atoms with Crippen LogP contribution in [0.2, 0.25) is 0 Å². The smallest absolute Gasteiger partial charge is 0.122 e. The monoisotopic (exact) mass is 229 g/mol. The van der Waals surface area contributed by atoms with Crippen LogP contribution in [-0.4, -0.2) is 19.2 Å². The molecule has 0 spiro atoms. The molecule has 17 heavy (non-hydrogen) atoms. The lowest BCUT2D eigenvalue weighted by Gasteiger charge is -2.22. The summed E-state index contributed by atoms with van der Waals surface area (Å²) in [6.45, 7) is 3.86. The normalized spacial score (nSPS) is 19.2. The van der Waals surface area contributed by atoms with Crippen LogP contribution in [0.4, 0.5) is 0 Å². The van der Waals surface area contributed by atoms with Gasteiger partial charge >= 0.3 is 0 Å². The summed E-state index contributed by atoms with van der Waals surface area (Å²) in [5, 5.41) is 3.52. The fraction of sp³-hybridized carbons (Fsp3) is 0.467. The first-order valence-corrected chi connectivity index (χ1v) is 6.25. The molecule has 90 valence electrons. The van der Waals surface area contributed by atoms with Crippen LogP contribution in [0.3, 0.4) is 0 Å². The van der Waals surface area contributed by atoms with Crippen LogP contribution in [0.15, 0.2) is 24.3 Å². The molecule has 2 rings (SSSR count).